The number of methoxy groups -OCH3 is 1. The Balaban J connectivity index is 2.16. The molecule has 0 aliphatic heterocycles. The molecule has 0 aliphatic carbocycles. The van der Waals surface area contributed by atoms with Gasteiger partial charge in [-0.05, 0) is 26.0 Å². The maximum Gasteiger partial charge on any atom is 0.226 e. The quantitative estimate of drug-likeness (QED) is 0.885. The number of nitrogens with one attached hydrogen (secondary N) is 1. The molecule has 0 amide bonds. The molecule has 0 radical (unpaired) electrons. The Bertz CT molecular complexity index is 620. The van der Waals surface area contributed by atoms with Crippen LogP contribution >= 0.6 is 11.6 Å². The SMILES string of the molecule is CCOc1cc(C)nc(NCc2c(Cl)cccc2OC)n1. The number of ether oxygens (including phenoxy) is 2. The second-order valence-corrected chi connectivity index (χ2v) is 4.79. The average Bonchev–Trinajstić information content (AvgIpc) is 2.45. The van der Waals surface area contributed by atoms with Crippen LogP contribution in [0.1, 0.15) is 18.2 Å². The predicted octanol–water partition coefficient (Wildman–Crippen LogP) is 3.46. The molecule has 2 rings (SSSR count). The second-order valence-electron chi connectivity index (χ2n) is 4.38. The zero-order chi connectivity index (χ0) is 15.2. The lowest BCUT2D eigenvalue weighted by Gasteiger charge is -2.12. The summed E-state index contributed by atoms with van der Waals surface area (Å²) in [4.78, 5) is 8.63. The van der Waals surface area contributed by atoms with Gasteiger partial charge in [0.25, 0.3) is 0 Å². The van der Waals surface area contributed by atoms with Crippen LogP contribution < -0.4 is 14.8 Å². The van der Waals surface area contributed by atoms with Crippen molar-refractivity contribution in [2.75, 3.05) is 19.0 Å². The number of hydrogen-bond donors (Lipinski definition) is 1. The molecule has 0 fully saturated rings. The van der Waals surface area contributed by atoms with Crippen LogP contribution in [0.3, 0.4) is 0 Å². The zero-order valence-electron chi connectivity index (χ0n) is 12.3. The van der Waals surface area contributed by atoms with Gasteiger partial charge >= 0.3 is 0 Å². The fourth-order valence-corrected chi connectivity index (χ4v) is 2.14. The molecule has 0 atom stereocenters. The molecule has 1 aromatic heterocycles. The highest BCUT2D eigenvalue weighted by atomic mass is 35.5. The fourth-order valence-electron chi connectivity index (χ4n) is 1.91. The highest BCUT2D eigenvalue weighted by Crippen LogP contribution is 2.26. The third-order valence-corrected chi connectivity index (χ3v) is 3.20. The molecule has 0 saturated heterocycles. The number of anilines is 1. The van der Waals surface area contributed by atoms with Crippen molar-refractivity contribution < 1.29 is 9.47 Å². The number of benzene rings is 1. The first kappa shape index (κ1) is 15.4. The number of aromatic nitrogens is 2. The van der Waals surface area contributed by atoms with Crippen LogP contribution in [0.15, 0.2) is 24.3 Å². The number of hydrogen-bond acceptors (Lipinski definition) is 5. The first-order valence-corrected chi connectivity index (χ1v) is 7.05. The summed E-state index contributed by atoms with van der Waals surface area (Å²) in [6, 6.07) is 7.33. The topological polar surface area (TPSA) is 56.3 Å². The Morgan fingerprint density at radius 2 is 2.10 bits per heavy atom. The monoisotopic (exact) mass is 307 g/mol. The molecule has 0 aliphatic rings. The van der Waals surface area contributed by atoms with Crippen LogP contribution in [0, 0.1) is 6.92 Å². The van der Waals surface area contributed by atoms with Gasteiger partial charge in [0.05, 0.1) is 13.7 Å². The second kappa shape index (κ2) is 7.13. The minimum absolute atomic E-state index is 0.470. The molecular formula is C15H18ClN3O2. The number of rotatable bonds is 6. The van der Waals surface area contributed by atoms with Gasteiger partial charge in [-0.1, -0.05) is 17.7 Å². The van der Waals surface area contributed by atoms with E-state index in [0.717, 1.165) is 17.0 Å². The van der Waals surface area contributed by atoms with Crippen molar-refractivity contribution in [1.82, 2.24) is 9.97 Å². The summed E-state index contributed by atoms with van der Waals surface area (Å²) in [7, 11) is 1.62. The van der Waals surface area contributed by atoms with Gasteiger partial charge < -0.3 is 14.8 Å². The standard InChI is InChI=1S/C15H18ClN3O2/c1-4-21-14-8-10(2)18-15(19-14)17-9-11-12(16)6-5-7-13(11)20-3/h5-8H,4,9H2,1-3H3,(H,17,18,19). The fraction of sp³-hybridized carbons (Fsp3) is 0.333. The molecule has 1 heterocycles. The van der Waals surface area contributed by atoms with Gasteiger partial charge in [-0.2, -0.15) is 4.98 Å². The van der Waals surface area contributed by atoms with Crippen molar-refractivity contribution in [3.63, 3.8) is 0 Å². The highest BCUT2D eigenvalue weighted by molar-refractivity contribution is 6.31. The van der Waals surface area contributed by atoms with Gasteiger partial charge in [0.15, 0.2) is 0 Å². The molecule has 0 spiro atoms. The Morgan fingerprint density at radius 1 is 1.29 bits per heavy atom. The van der Waals surface area contributed by atoms with Gasteiger partial charge in [0.2, 0.25) is 11.8 Å². The van der Waals surface area contributed by atoms with E-state index in [0.29, 0.717) is 30.0 Å². The summed E-state index contributed by atoms with van der Waals surface area (Å²) in [5.74, 6) is 1.78. The molecule has 6 heteroatoms. The van der Waals surface area contributed by atoms with Crippen LogP contribution in [0.5, 0.6) is 11.6 Å². The molecule has 0 unspecified atom stereocenters. The van der Waals surface area contributed by atoms with Crippen molar-refractivity contribution in [2.45, 2.75) is 20.4 Å². The summed E-state index contributed by atoms with van der Waals surface area (Å²) < 4.78 is 10.7. The Morgan fingerprint density at radius 3 is 2.81 bits per heavy atom. The number of halogens is 1. The van der Waals surface area contributed by atoms with Gasteiger partial charge in [0, 0.05) is 28.9 Å². The van der Waals surface area contributed by atoms with E-state index in [-0.39, 0.29) is 0 Å². The first-order chi connectivity index (χ1) is 10.1. The first-order valence-electron chi connectivity index (χ1n) is 6.67. The molecule has 5 nitrogen and oxygen atoms in total. The van der Waals surface area contributed by atoms with Gasteiger partial charge in [0.1, 0.15) is 5.75 Å². The van der Waals surface area contributed by atoms with E-state index in [4.69, 9.17) is 21.1 Å². The van der Waals surface area contributed by atoms with Crippen LogP contribution in [0.25, 0.3) is 0 Å². The average molecular weight is 308 g/mol. The number of aryl methyl sites for hydroxylation is 1. The normalized spacial score (nSPS) is 10.3. The smallest absolute Gasteiger partial charge is 0.226 e. The molecule has 2 aromatic rings. The summed E-state index contributed by atoms with van der Waals surface area (Å²) in [5, 5.41) is 3.79. The lowest BCUT2D eigenvalue weighted by atomic mass is 10.2. The molecule has 0 bridgehead atoms. The van der Waals surface area contributed by atoms with E-state index in [9.17, 15) is 0 Å². The van der Waals surface area contributed by atoms with Crippen LogP contribution in [-0.4, -0.2) is 23.7 Å². The van der Waals surface area contributed by atoms with E-state index in [1.165, 1.54) is 0 Å². The maximum absolute atomic E-state index is 6.20. The largest absolute Gasteiger partial charge is 0.496 e. The lowest BCUT2D eigenvalue weighted by molar-refractivity contribution is 0.326. The van der Waals surface area contributed by atoms with Crippen molar-refractivity contribution >= 4 is 17.5 Å². The van der Waals surface area contributed by atoms with E-state index >= 15 is 0 Å². The predicted molar refractivity (Wildman–Crippen MR) is 83.3 cm³/mol. The van der Waals surface area contributed by atoms with E-state index in [1.807, 2.05) is 32.0 Å². The lowest BCUT2D eigenvalue weighted by Crippen LogP contribution is -2.07. The Hall–Kier alpha value is -2.01. The summed E-state index contributed by atoms with van der Waals surface area (Å²) in [6.45, 7) is 4.84. The summed E-state index contributed by atoms with van der Waals surface area (Å²) in [6.07, 6.45) is 0. The highest BCUT2D eigenvalue weighted by Gasteiger charge is 2.09. The van der Waals surface area contributed by atoms with Crippen LogP contribution in [0.4, 0.5) is 5.95 Å². The minimum atomic E-state index is 0.470. The Labute approximate surface area is 129 Å². The number of nitrogens with zero attached hydrogens (tertiary/aromatic N) is 2. The molecule has 21 heavy (non-hydrogen) atoms. The minimum Gasteiger partial charge on any atom is -0.496 e. The molecule has 1 N–H and O–H groups in total. The van der Waals surface area contributed by atoms with Crippen molar-refractivity contribution in [3.8, 4) is 11.6 Å². The van der Waals surface area contributed by atoms with Crippen molar-refractivity contribution in [1.29, 1.82) is 0 Å². The maximum atomic E-state index is 6.20. The van der Waals surface area contributed by atoms with Crippen molar-refractivity contribution in [2.24, 2.45) is 0 Å². The summed E-state index contributed by atoms with van der Waals surface area (Å²) >= 11 is 6.20. The van der Waals surface area contributed by atoms with Crippen molar-refractivity contribution in [3.05, 3.63) is 40.5 Å². The summed E-state index contributed by atoms with van der Waals surface area (Å²) in [5.41, 5.74) is 1.70. The molecule has 1 aromatic carbocycles. The molecule has 112 valence electrons. The zero-order valence-corrected chi connectivity index (χ0v) is 13.1. The molecule has 0 saturated carbocycles. The van der Waals surface area contributed by atoms with E-state index in [1.54, 1.807) is 13.2 Å². The van der Waals surface area contributed by atoms with E-state index in [2.05, 4.69) is 15.3 Å². The Kier molecular flexibility index (Phi) is 5.22. The van der Waals surface area contributed by atoms with E-state index < -0.39 is 0 Å². The van der Waals surface area contributed by atoms with Gasteiger partial charge in [-0.15, -0.1) is 0 Å². The third-order valence-electron chi connectivity index (χ3n) is 2.84. The third kappa shape index (κ3) is 3.98. The van der Waals surface area contributed by atoms with Crippen LogP contribution in [-0.2, 0) is 6.54 Å². The van der Waals surface area contributed by atoms with Crippen LogP contribution in [0.2, 0.25) is 5.02 Å². The molecular weight excluding hydrogens is 290 g/mol. The van der Waals surface area contributed by atoms with Gasteiger partial charge in [-0.3, -0.25) is 0 Å². The van der Waals surface area contributed by atoms with Gasteiger partial charge in [-0.25, -0.2) is 4.98 Å².